The van der Waals surface area contributed by atoms with Gasteiger partial charge in [0.15, 0.2) is 0 Å². The minimum atomic E-state index is -1.12. The second-order valence-electron chi connectivity index (χ2n) is 8.57. The van der Waals surface area contributed by atoms with Crippen molar-refractivity contribution in [3.8, 4) is 34.2 Å². The second-order valence-corrected chi connectivity index (χ2v) is 11.1. The molecule has 2 aromatic carbocycles. The number of aromatic nitrogens is 1. The van der Waals surface area contributed by atoms with Gasteiger partial charge in [-0.05, 0) is 48.7 Å². The fourth-order valence-electron chi connectivity index (χ4n) is 4.51. The Hall–Kier alpha value is -2.66. The highest BCUT2D eigenvalue weighted by atomic mass is 32.2. The zero-order chi connectivity index (χ0) is 24.1. The van der Waals surface area contributed by atoms with Crippen molar-refractivity contribution in [2.24, 2.45) is 0 Å². The van der Waals surface area contributed by atoms with Crippen molar-refractivity contribution >= 4 is 22.6 Å². The molecule has 0 aliphatic heterocycles. The van der Waals surface area contributed by atoms with E-state index >= 15 is 0 Å². The molecule has 1 heterocycles. The number of hydrogen-bond acceptors (Lipinski definition) is 6. The molecule has 1 saturated carbocycles. The molecule has 3 aromatic rings. The van der Waals surface area contributed by atoms with Crippen molar-refractivity contribution in [1.82, 2.24) is 4.98 Å². The summed E-state index contributed by atoms with van der Waals surface area (Å²) in [5.41, 5.74) is 2.84. The quantitative estimate of drug-likeness (QED) is 0.442. The average Bonchev–Trinajstić information content (AvgIpc) is 2.87. The number of ether oxygens (including phenoxy) is 1. The smallest absolute Gasteiger partial charge is 0.118 e. The summed E-state index contributed by atoms with van der Waals surface area (Å²) in [5, 5.41) is 21.8. The predicted molar refractivity (Wildman–Crippen MR) is 138 cm³/mol. The molecule has 0 radical (unpaired) electrons. The van der Waals surface area contributed by atoms with Gasteiger partial charge in [-0.3, -0.25) is 4.21 Å². The Kier molecular flexibility index (Phi) is 7.72. The van der Waals surface area contributed by atoms with Crippen LogP contribution in [-0.2, 0) is 10.8 Å². The highest BCUT2D eigenvalue weighted by molar-refractivity contribution is 7.99. The van der Waals surface area contributed by atoms with E-state index in [2.05, 4.69) is 6.07 Å². The molecule has 176 valence electrons. The Balaban J connectivity index is 1.77. The number of rotatable bonds is 7. The van der Waals surface area contributed by atoms with Crippen LogP contribution in [0.3, 0.4) is 0 Å². The molecule has 0 bridgehead atoms. The Labute approximate surface area is 207 Å². The number of pyridine rings is 1. The fourth-order valence-corrected chi connectivity index (χ4v) is 7.13. The predicted octanol–water partition coefficient (Wildman–Crippen LogP) is 5.44. The Morgan fingerprint density at radius 3 is 2.56 bits per heavy atom. The molecule has 0 amide bonds. The van der Waals surface area contributed by atoms with Gasteiger partial charge in [0.05, 0.1) is 29.2 Å². The summed E-state index contributed by atoms with van der Waals surface area (Å²) in [7, 11) is 0.510. The van der Waals surface area contributed by atoms with Crippen molar-refractivity contribution in [3.05, 3.63) is 66.2 Å². The number of hydrogen-bond donors (Lipinski definition) is 1. The van der Waals surface area contributed by atoms with Crippen LogP contribution in [0.2, 0.25) is 0 Å². The number of nitrogens with zero attached hydrogens (tertiary/aromatic N) is 2. The third-order valence-corrected chi connectivity index (χ3v) is 9.04. The molecule has 3 atom stereocenters. The lowest BCUT2D eigenvalue weighted by Gasteiger charge is -2.38. The normalized spacial score (nSPS) is 20.9. The molecule has 1 N–H and O–H groups in total. The van der Waals surface area contributed by atoms with E-state index in [4.69, 9.17) is 9.72 Å². The number of thioether (sulfide) groups is 1. The molecule has 1 aliphatic rings. The van der Waals surface area contributed by atoms with Crippen LogP contribution >= 0.6 is 11.8 Å². The van der Waals surface area contributed by atoms with E-state index in [0.29, 0.717) is 22.8 Å². The molecule has 1 aromatic heterocycles. The van der Waals surface area contributed by atoms with Crippen LogP contribution in [-0.4, -0.2) is 44.3 Å². The maximum atomic E-state index is 12.3. The molecule has 4 rings (SSSR count). The Morgan fingerprint density at radius 2 is 1.91 bits per heavy atom. The molecule has 1 fully saturated rings. The van der Waals surface area contributed by atoms with Gasteiger partial charge in [-0.15, -0.1) is 11.8 Å². The SMILES string of the molecule is COc1ccc(-c2cc(-c3ccccc3)c(C#N)c(SC[C@]3(O)CCCC[C@H]3[S@](C)=O)n2)cc1. The summed E-state index contributed by atoms with van der Waals surface area (Å²) in [6.07, 6.45) is 4.91. The van der Waals surface area contributed by atoms with Crippen LogP contribution in [0.5, 0.6) is 5.75 Å². The zero-order valence-electron chi connectivity index (χ0n) is 19.4. The lowest BCUT2D eigenvalue weighted by Crippen LogP contribution is -2.49. The second kappa shape index (κ2) is 10.7. The molecule has 0 spiro atoms. The van der Waals surface area contributed by atoms with Crippen LogP contribution in [0, 0.1) is 11.3 Å². The first-order valence-electron chi connectivity index (χ1n) is 11.3. The summed E-state index contributed by atoms with van der Waals surface area (Å²) in [6, 6.07) is 21.8. The summed E-state index contributed by atoms with van der Waals surface area (Å²) < 4.78 is 17.6. The van der Waals surface area contributed by atoms with E-state index in [-0.39, 0.29) is 5.25 Å². The van der Waals surface area contributed by atoms with Crippen LogP contribution in [0.4, 0.5) is 0 Å². The van der Waals surface area contributed by atoms with Crippen molar-refractivity contribution in [3.63, 3.8) is 0 Å². The highest BCUT2D eigenvalue weighted by Gasteiger charge is 2.41. The summed E-state index contributed by atoms with van der Waals surface area (Å²) in [5.74, 6) is 1.10. The highest BCUT2D eigenvalue weighted by Crippen LogP contribution is 2.39. The van der Waals surface area contributed by atoms with Crippen molar-refractivity contribution in [2.75, 3.05) is 19.1 Å². The van der Waals surface area contributed by atoms with Gasteiger partial charge in [0.1, 0.15) is 16.8 Å². The van der Waals surface area contributed by atoms with E-state index in [1.807, 2.05) is 60.7 Å². The molecular formula is C27H28N2O3S2. The van der Waals surface area contributed by atoms with Crippen molar-refractivity contribution < 1.29 is 14.1 Å². The van der Waals surface area contributed by atoms with Crippen LogP contribution in [0.25, 0.3) is 22.4 Å². The molecular weight excluding hydrogens is 464 g/mol. The Bertz CT molecular complexity index is 1210. The minimum absolute atomic E-state index is 0.266. The molecule has 0 unspecified atom stereocenters. The van der Waals surface area contributed by atoms with Crippen LogP contribution < -0.4 is 4.74 Å². The van der Waals surface area contributed by atoms with E-state index in [9.17, 15) is 14.6 Å². The van der Waals surface area contributed by atoms with Gasteiger partial charge in [0.25, 0.3) is 0 Å². The number of methoxy groups -OCH3 is 1. The van der Waals surface area contributed by atoms with E-state index < -0.39 is 16.4 Å². The molecule has 7 heteroatoms. The average molecular weight is 493 g/mol. The molecule has 34 heavy (non-hydrogen) atoms. The molecule has 0 saturated heterocycles. The number of aliphatic hydroxyl groups is 1. The van der Waals surface area contributed by atoms with Crippen LogP contribution in [0.15, 0.2) is 65.7 Å². The lowest BCUT2D eigenvalue weighted by molar-refractivity contribution is 0.0326. The number of nitriles is 1. The maximum absolute atomic E-state index is 12.3. The van der Waals surface area contributed by atoms with Gasteiger partial charge in [-0.1, -0.05) is 43.2 Å². The van der Waals surface area contributed by atoms with E-state index in [1.165, 1.54) is 11.8 Å². The maximum Gasteiger partial charge on any atom is 0.118 e. The van der Waals surface area contributed by atoms with E-state index in [0.717, 1.165) is 47.4 Å². The van der Waals surface area contributed by atoms with Gasteiger partial charge >= 0.3 is 0 Å². The standard InChI is InChI=1S/C27H28N2O3S2/c1-32-21-13-11-20(12-14-21)24-16-22(19-8-4-3-5-9-19)23(17-28)26(29-24)33-18-27(30)15-7-6-10-25(27)34(2)31/h3-5,8-9,11-14,16,25,30H,6-7,10,15,18H2,1-2H3/t25-,27-,34+/m1/s1. The third-order valence-electron chi connectivity index (χ3n) is 6.35. The van der Waals surface area contributed by atoms with Gasteiger partial charge in [0, 0.05) is 33.9 Å². The molecule has 5 nitrogen and oxygen atoms in total. The van der Waals surface area contributed by atoms with Crippen molar-refractivity contribution in [2.45, 2.75) is 41.6 Å². The minimum Gasteiger partial charge on any atom is -0.497 e. The summed E-state index contributed by atoms with van der Waals surface area (Å²) in [6.45, 7) is 0. The fraction of sp³-hybridized carbons (Fsp3) is 0.333. The number of benzene rings is 2. The largest absolute Gasteiger partial charge is 0.497 e. The third kappa shape index (κ3) is 5.20. The van der Waals surface area contributed by atoms with Gasteiger partial charge in [-0.2, -0.15) is 5.26 Å². The monoisotopic (exact) mass is 492 g/mol. The lowest BCUT2D eigenvalue weighted by atomic mass is 9.86. The first-order valence-corrected chi connectivity index (χ1v) is 13.9. The summed E-state index contributed by atoms with van der Waals surface area (Å²) >= 11 is 1.38. The topological polar surface area (TPSA) is 83.2 Å². The zero-order valence-corrected chi connectivity index (χ0v) is 21.0. The Morgan fingerprint density at radius 1 is 1.18 bits per heavy atom. The van der Waals surface area contributed by atoms with Crippen LogP contribution in [0.1, 0.15) is 31.2 Å². The van der Waals surface area contributed by atoms with Gasteiger partial charge in [-0.25, -0.2) is 4.98 Å². The van der Waals surface area contributed by atoms with Crippen molar-refractivity contribution in [1.29, 1.82) is 5.26 Å². The first kappa shape index (κ1) is 24.5. The van der Waals surface area contributed by atoms with E-state index in [1.54, 1.807) is 13.4 Å². The molecule has 1 aliphatic carbocycles. The summed E-state index contributed by atoms with van der Waals surface area (Å²) in [4.78, 5) is 4.85. The first-order chi connectivity index (χ1) is 16.4. The van der Waals surface area contributed by atoms with Gasteiger partial charge in [0.2, 0.25) is 0 Å². The van der Waals surface area contributed by atoms with Gasteiger partial charge < -0.3 is 9.84 Å².